The molecule has 0 bridgehead atoms. The van der Waals surface area contributed by atoms with Crippen molar-refractivity contribution in [2.75, 3.05) is 24.6 Å². The van der Waals surface area contributed by atoms with E-state index in [1.54, 1.807) is 26.8 Å². The molecule has 39 heavy (non-hydrogen) atoms. The van der Waals surface area contributed by atoms with Crippen LogP contribution in [0.3, 0.4) is 0 Å². The minimum atomic E-state index is -4.35. The summed E-state index contributed by atoms with van der Waals surface area (Å²) in [5.41, 5.74) is 3.63. The highest BCUT2D eigenvalue weighted by molar-refractivity contribution is 6.32. The van der Waals surface area contributed by atoms with Crippen molar-refractivity contribution in [2.24, 2.45) is 0 Å². The molecular weight excluding hydrogens is 527 g/mol. The third-order valence-electron chi connectivity index (χ3n) is 6.63. The third kappa shape index (κ3) is 7.07. The first kappa shape index (κ1) is 28.8. The average Bonchev–Trinajstić information content (AvgIpc) is 3.10. The Balaban J connectivity index is 1.42. The molecular formula is C31H33ClF3NO3. The smallest absolute Gasteiger partial charge is 0.416 e. The maximum atomic E-state index is 13.0. The predicted octanol–water partition coefficient (Wildman–Crippen LogP) is 8.09. The molecule has 4 rings (SSSR count). The summed E-state index contributed by atoms with van der Waals surface area (Å²) in [7, 11) is 0. The number of hydrogen-bond donors (Lipinski definition) is 0. The first-order chi connectivity index (χ1) is 18.1. The summed E-state index contributed by atoms with van der Waals surface area (Å²) in [5.74, 6) is -0.0332. The van der Waals surface area contributed by atoms with Crippen LogP contribution in [-0.4, -0.2) is 31.3 Å². The van der Waals surface area contributed by atoms with Crippen molar-refractivity contribution >= 4 is 23.3 Å². The van der Waals surface area contributed by atoms with Crippen LogP contribution in [0.4, 0.5) is 18.9 Å². The predicted molar refractivity (Wildman–Crippen MR) is 149 cm³/mol. The second-order valence-electron chi connectivity index (χ2n) is 11.5. The zero-order chi connectivity index (χ0) is 28.6. The number of carbonyl (C=O) groups is 1. The van der Waals surface area contributed by atoms with Gasteiger partial charge in [-0.25, -0.2) is 4.79 Å². The van der Waals surface area contributed by atoms with E-state index in [1.807, 2.05) is 18.2 Å². The van der Waals surface area contributed by atoms with Gasteiger partial charge in [-0.3, -0.25) is 0 Å². The molecule has 0 amide bonds. The summed E-state index contributed by atoms with van der Waals surface area (Å²) >= 11 is 6.42. The third-order valence-corrected chi connectivity index (χ3v) is 6.93. The Bertz CT molecular complexity index is 1340. The van der Waals surface area contributed by atoms with Gasteiger partial charge in [0.05, 0.1) is 10.6 Å². The number of ether oxygens (including phenoxy) is 2. The van der Waals surface area contributed by atoms with Gasteiger partial charge in [0, 0.05) is 24.2 Å². The Morgan fingerprint density at radius 3 is 2.26 bits per heavy atom. The van der Waals surface area contributed by atoms with Gasteiger partial charge < -0.3 is 14.4 Å². The molecule has 0 radical (unpaired) electrons. The highest BCUT2D eigenvalue weighted by Crippen LogP contribution is 2.43. The van der Waals surface area contributed by atoms with Gasteiger partial charge in [-0.15, -0.1) is 0 Å². The summed E-state index contributed by atoms with van der Waals surface area (Å²) < 4.78 is 49.7. The lowest BCUT2D eigenvalue weighted by Gasteiger charge is -2.22. The van der Waals surface area contributed by atoms with E-state index >= 15 is 0 Å². The lowest BCUT2D eigenvalue weighted by atomic mass is 9.85. The molecule has 0 aliphatic carbocycles. The molecule has 3 aromatic carbocycles. The van der Waals surface area contributed by atoms with E-state index in [-0.39, 0.29) is 12.0 Å². The second kappa shape index (κ2) is 10.8. The fraction of sp³-hybridized carbons (Fsp3) is 0.387. The summed E-state index contributed by atoms with van der Waals surface area (Å²) in [6.07, 6.45) is -3.60. The molecule has 0 saturated heterocycles. The molecule has 208 valence electrons. The highest BCUT2D eigenvalue weighted by Gasteiger charge is 2.35. The molecule has 0 atom stereocenters. The Kier molecular flexibility index (Phi) is 7.95. The maximum Gasteiger partial charge on any atom is 0.416 e. The SMILES string of the molecule is CC(C)(C)OC(=O)COc1ccc(CCN2CC(C)(C)c3cc(-c4ccc(C(F)(F)F)cc4)ccc32)cc1Cl. The molecule has 0 saturated carbocycles. The first-order valence-corrected chi connectivity index (χ1v) is 13.2. The normalized spacial score (nSPS) is 14.7. The van der Waals surface area contributed by atoms with Gasteiger partial charge in [0.1, 0.15) is 11.4 Å². The summed E-state index contributed by atoms with van der Waals surface area (Å²) in [6.45, 7) is 11.1. The number of benzene rings is 3. The van der Waals surface area contributed by atoms with Crippen LogP contribution in [0.1, 0.15) is 51.3 Å². The second-order valence-corrected chi connectivity index (χ2v) is 11.9. The number of fused-ring (bicyclic) bond motifs is 1. The van der Waals surface area contributed by atoms with Gasteiger partial charge >= 0.3 is 12.1 Å². The molecule has 0 aromatic heterocycles. The molecule has 0 spiro atoms. The molecule has 0 unspecified atom stereocenters. The Hall–Kier alpha value is -3.19. The Morgan fingerprint density at radius 1 is 0.974 bits per heavy atom. The lowest BCUT2D eigenvalue weighted by molar-refractivity contribution is -0.157. The van der Waals surface area contributed by atoms with E-state index in [1.165, 1.54) is 17.7 Å². The summed E-state index contributed by atoms with van der Waals surface area (Å²) in [5, 5.41) is 0.430. The van der Waals surface area contributed by atoms with Gasteiger partial charge in [-0.05, 0) is 85.8 Å². The van der Waals surface area contributed by atoms with Crippen LogP contribution in [-0.2, 0) is 27.5 Å². The standard InChI is InChI=1S/C31H33ClF3NO3/c1-29(2,3)39-28(37)18-38-27-13-6-20(16-25(27)32)14-15-36-19-30(4,5)24-17-22(9-12-26(24)36)21-7-10-23(11-8-21)31(33,34)35/h6-13,16-17H,14-15,18-19H2,1-5H3. The summed E-state index contributed by atoms with van der Waals surface area (Å²) in [4.78, 5) is 14.3. The van der Waals surface area contributed by atoms with E-state index in [9.17, 15) is 18.0 Å². The van der Waals surface area contributed by atoms with Crippen LogP contribution in [0, 0.1) is 0 Å². The van der Waals surface area contributed by atoms with Crippen molar-refractivity contribution in [3.63, 3.8) is 0 Å². The number of halogens is 4. The fourth-order valence-electron chi connectivity index (χ4n) is 4.82. The van der Waals surface area contributed by atoms with E-state index in [0.717, 1.165) is 54.0 Å². The molecule has 1 heterocycles. The van der Waals surface area contributed by atoms with Crippen LogP contribution in [0.25, 0.3) is 11.1 Å². The number of rotatable bonds is 7. The van der Waals surface area contributed by atoms with E-state index in [0.29, 0.717) is 10.8 Å². The van der Waals surface area contributed by atoms with Crippen molar-refractivity contribution < 1.29 is 27.4 Å². The minimum Gasteiger partial charge on any atom is -0.480 e. The molecule has 4 nitrogen and oxygen atoms in total. The lowest BCUT2D eigenvalue weighted by Crippen LogP contribution is -2.30. The van der Waals surface area contributed by atoms with Crippen LogP contribution < -0.4 is 9.64 Å². The van der Waals surface area contributed by atoms with Gasteiger partial charge in [0.2, 0.25) is 0 Å². The average molecular weight is 560 g/mol. The Labute approximate surface area is 232 Å². The molecule has 3 aromatic rings. The number of alkyl halides is 3. The van der Waals surface area contributed by atoms with E-state index in [2.05, 4.69) is 30.9 Å². The first-order valence-electron chi connectivity index (χ1n) is 12.8. The Morgan fingerprint density at radius 2 is 1.64 bits per heavy atom. The molecule has 1 aliphatic heterocycles. The van der Waals surface area contributed by atoms with Gasteiger partial charge in [-0.2, -0.15) is 13.2 Å². The maximum absolute atomic E-state index is 13.0. The van der Waals surface area contributed by atoms with Crippen molar-refractivity contribution in [2.45, 2.75) is 58.2 Å². The number of esters is 1. The van der Waals surface area contributed by atoms with Crippen LogP contribution >= 0.6 is 11.6 Å². The molecule has 1 aliphatic rings. The van der Waals surface area contributed by atoms with Crippen molar-refractivity contribution in [1.29, 1.82) is 0 Å². The molecule has 0 N–H and O–H groups in total. The van der Waals surface area contributed by atoms with Gasteiger partial charge in [-0.1, -0.05) is 49.7 Å². The monoisotopic (exact) mass is 559 g/mol. The zero-order valence-electron chi connectivity index (χ0n) is 22.8. The number of hydrogen-bond acceptors (Lipinski definition) is 4. The van der Waals surface area contributed by atoms with Crippen molar-refractivity contribution in [3.05, 3.63) is 82.4 Å². The molecule has 8 heteroatoms. The summed E-state index contributed by atoms with van der Waals surface area (Å²) in [6, 6.07) is 16.9. The van der Waals surface area contributed by atoms with Crippen molar-refractivity contribution in [1.82, 2.24) is 0 Å². The minimum absolute atomic E-state index is 0.117. The number of carbonyl (C=O) groups excluding carboxylic acids is 1. The van der Waals surface area contributed by atoms with E-state index < -0.39 is 23.3 Å². The number of anilines is 1. The van der Waals surface area contributed by atoms with Gasteiger partial charge in [0.25, 0.3) is 0 Å². The van der Waals surface area contributed by atoms with Gasteiger partial charge in [0.15, 0.2) is 6.61 Å². The fourth-order valence-corrected chi connectivity index (χ4v) is 5.08. The zero-order valence-corrected chi connectivity index (χ0v) is 23.5. The van der Waals surface area contributed by atoms with E-state index in [4.69, 9.17) is 21.1 Å². The van der Waals surface area contributed by atoms with Crippen LogP contribution in [0.15, 0.2) is 60.7 Å². The van der Waals surface area contributed by atoms with Crippen molar-refractivity contribution in [3.8, 4) is 16.9 Å². The topological polar surface area (TPSA) is 38.8 Å². The quantitative estimate of drug-likeness (QED) is 0.274. The number of nitrogens with zero attached hydrogens (tertiary/aromatic N) is 1. The molecule has 0 fully saturated rings. The van der Waals surface area contributed by atoms with Crippen LogP contribution in [0.2, 0.25) is 5.02 Å². The van der Waals surface area contributed by atoms with Crippen LogP contribution in [0.5, 0.6) is 5.75 Å². The largest absolute Gasteiger partial charge is 0.480 e. The highest BCUT2D eigenvalue weighted by atomic mass is 35.5.